The minimum atomic E-state index is -1.00. The van der Waals surface area contributed by atoms with Crippen LogP contribution in [0.5, 0.6) is 0 Å². The Hall–Kier alpha value is -0.353. The van der Waals surface area contributed by atoms with E-state index in [4.69, 9.17) is 4.43 Å². The zero-order chi connectivity index (χ0) is 6.41. The number of hydrogen-bond acceptors (Lipinski definition) is 3. The van der Waals surface area contributed by atoms with E-state index in [2.05, 4.69) is 4.43 Å². The van der Waals surface area contributed by atoms with Gasteiger partial charge in [-0.05, 0) is 13.8 Å². The molecular formula is C4H10O3Si. The maximum atomic E-state index is 9.52. The molecule has 0 aromatic carbocycles. The predicted octanol–water partition coefficient (Wildman–Crippen LogP) is -0.417. The molecule has 0 radical (unpaired) electrons. The fraction of sp³-hybridized carbons (Fsp3) is 0.750. The van der Waals surface area contributed by atoms with Gasteiger partial charge >= 0.3 is 10.0 Å². The van der Waals surface area contributed by atoms with Gasteiger partial charge < -0.3 is 8.85 Å². The highest BCUT2D eigenvalue weighted by atomic mass is 28.3. The lowest BCUT2D eigenvalue weighted by molar-refractivity contribution is -0.121. The molecule has 0 atom stereocenters. The Morgan fingerprint density at radius 1 is 1.62 bits per heavy atom. The zero-order valence-electron chi connectivity index (χ0n) is 5.09. The van der Waals surface area contributed by atoms with Crippen molar-refractivity contribution in [1.29, 1.82) is 0 Å². The van der Waals surface area contributed by atoms with Gasteiger partial charge in [-0.1, -0.05) is 0 Å². The summed E-state index contributed by atoms with van der Waals surface area (Å²) in [5, 5.41) is 0. The van der Waals surface area contributed by atoms with Gasteiger partial charge in [-0.2, -0.15) is 0 Å². The summed E-state index contributed by atoms with van der Waals surface area (Å²) >= 11 is 0. The summed E-state index contributed by atoms with van der Waals surface area (Å²) in [6, 6.07) is 0. The summed E-state index contributed by atoms with van der Waals surface area (Å²) < 4.78 is 9.35. The Balaban J connectivity index is 2.81. The minimum absolute atomic E-state index is 0.182. The van der Waals surface area contributed by atoms with E-state index in [9.17, 15) is 4.79 Å². The highest BCUT2D eigenvalue weighted by Gasteiger charge is 1.90. The first-order chi connectivity index (χ1) is 3.77. The molecule has 0 bridgehead atoms. The zero-order valence-corrected chi connectivity index (χ0v) is 6.50. The van der Waals surface area contributed by atoms with Gasteiger partial charge in [0.2, 0.25) is 0 Å². The molecule has 48 valence electrons. The smallest absolute Gasteiger partial charge is 0.368 e. The molecule has 0 fully saturated rings. The Bertz CT molecular complexity index is 64.3. The molecule has 0 spiro atoms. The third kappa shape index (κ3) is 5.65. The topological polar surface area (TPSA) is 35.5 Å². The van der Waals surface area contributed by atoms with Crippen molar-refractivity contribution in [3.8, 4) is 0 Å². The van der Waals surface area contributed by atoms with Gasteiger partial charge in [-0.3, -0.25) is 4.79 Å². The normalized spacial score (nSPS) is 10.9. The SMILES string of the molecule is CC(C)O[SiH2]OC=O. The van der Waals surface area contributed by atoms with Crippen LogP contribution in [-0.4, -0.2) is 22.6 Å². The maximum absolute atomic E-state index is 9.52. The highest BCUT2D eigenvalue weighted by Crippen LogP contribution is 1.82. The highest BCUT2D eigenvalue weighted by molar-refractivity contribution is 6.20. The van der Waals surface area contributed by atoms with Crippen LogP contribution in [0.3, 0.4) is 0 Å². The summed E-state index contributed by atoms with van der Waals surface area (Å²) in [7, 11) is -1.00. The molecule has 0 rings (SSSR count). The van der Waals surface area contributed by atoms with Crippen LogP contribution in [-0.2, 0) is 13.6 Å². The summed E-state index contributed by atoms with van der Waals surface area (Å²) in [5.74, 6) is 0. The van der Waals surface area contributed by atoms with Crippen molar-refractivity contribution in [2.24, 2.45) is 0 Å². The fourth-order valence-corrected chi connectivity index (χ4v) is 0.609. The van der Waals surface area contributed by atoms with Crippen molar-refractivity contribution in [2.45, 2.75) is 20.0 Å². The first-order valence-electron chi connectivity index (χ1n) is 2.44. The van der Waals surface area contributed by atoms with Crippen LogP contribution in [0.2, 0.25) is 0 Å². The predicted molar refractivity (Wildman–Crippen MR) is 31.9 cm³/mol. The van der Waals surface area contributed by atoms with Gasteiger partial charge in [0.05, 0.1) is 0 Å². The van der Waals surface area contributed by atoms with E-state index in [0.29, 0.717) is 6.47 Å². The molecule has 0 unspecified atom stereocenters. The quantitative estimate of drug-likeness (QED) is 0.298. The number of hydrogen-bond donors (Lipinski definition) is 0. The van der Waals surface area contributed by atoms with Gasteiger partial charge in [0, 0.05) is 6.10 Å². The van der Waals surface area contributed by atoms with E-state index in [1.165, 1.54) is 0 Å². The number of carbonyl (C=O) groups is 1. The van der Waals surface area contributed by atoms with Crippen LogP contribution in [0.4, 0.5) is 0 Å². The average Bonchev–Trinajstić information content (AvgIpc) is 1.66. The van der Waals surface area contributed by atoms with Crippen molar-refractivity contribution < 1.29 is 13.6 Å². The molecule has 4 heteroatoms. The summed E-state index contributed by atoms with van der Waals surface area (Å²) in [4.78, 5) is 9.52. The molecule has 0 aliphatic heterocycles. The monoisotopic (exact) mass is 134 g/mol. The second-order valence-corrected chi connectivity index (χ2v) is 2.50. The largest absolute Gasteiger partial charge is 0.501 e. The summed E-state index contributed by atoms with van der Waals surface area (Å²) in [6.07, 6.45) is 0.182. The number of carbonyl (C=O) groups excluding carboxylic acids is 1. The Kier molecular flexibility index (Phi) is 4.59. The van der Waals surface area contributed by atoms with Crippen LogP contribution in [0, 0.1) is 0 Å². The van der Waals surface area contributed by atoms with Gasteiger partial charge in [0.25, 0.3) is 6.47 Å². The minimum Gasteiger partial charge on any atom is -0.501 e. The van der Waals surface area contributed by atoms with Gasteiger partial charge in [0.15, 0.2) is 0 Å². The van der Waals surface area contributed by atoms with E-state index >= 15 is 0 Å². The molecule has 3 nitrogen and oxygen atoms in total. The van der Waals surface area contributed by atoms with Crippen molar-refractivity contribution >= 4 is 16.5 Å². The molecule has 8 heavy (non-hydrogen) atoms. The van der Waals surface area contributed by atoms with E-state index in [-0.39, 0.29) is 6.10 Å². The molecule has 0 aliphatic carbocycles. The molecule has 0 saturated carbocycles. The molecule has 0 aromatic heterocycles. The fourth-order valence-electron chi connectivity index (χ4n) is 0.203. The lowest BCUT2D eigenvalue weighted by Gasteiger charge is -2.03. The first-order valence-corrected chi connectivity index (χ1v) is 3.59. The maximum Gasteiger partial charge on any atom is 0.368 e. The van der Waals surface area contributed by atoms with Crippen molar-refractivity contribution in [3.63, 3.8) is 0 Å². The molecule has 0 amide bonds. The van der Waals surface area contributed by atoms with E-state index < -0.39 is 10.0 Å². The molecule has 0 N–H and O–H groups in total. The molecule has 0 heterocycles. The van der Waals surface area contributed by atoms with Crippen LogP contribution in [0.25, 0.3) is 0 Å². The summed E-state index contributed by atoms with van der Waals surface area (Å²) in [6.45, 7) is 4.23. The third-order valence-electron chi connectivity index (χ3n) is 0.537. The van der Waals surface area contributed by atoms with Crippen molar-refractivity contribution in [2.75, 3.05) is 0 Å². The van der Waals surface area contributed by atoms with Crippen LogP contribution >= 0.6 is 0 Å². The van der Waals surface area contributed by atoms with Crippen molar-refractivity contribution in [1.82, 2.24) is 0 Å². The summed E-state index contributed by atoms with van der Waals surface area (Å²) in [5.41, 5.74) is 0. The molecule has 0 saturated heterocycles. The first kappa shape index (κ1) is 7.65. The molecular weight excluding hydrogens is 124 g/mol. The van der Waals surface area contributed by atoms with E-state index in [0.717, 1.165) is 0 Å². The van der Waals surface area contributed by atoms with Crippen LogP contribution in [0.1, 0.15) is 13.8 Å². The van der Waals surface area contributed by atoms with E-state index in [1.54, 1.807) is 0 Å². The molecule has 0 aliphatic rings. The second-order valence-electron chi connectivity index (χ2n) is 1.60. The lowest BCUT2D eigenvalue weighted by Crippen LogP contribution is -2.09. The van der Waals surface area contributed by atoms with Gasteiger partial charge in [-0.15, -0.1) is 0 Å². The molecule has 0 aromatic rings. The van der Waals surface area contributed by atoms with Gasteiger partial charge in [0.1, 0.15) is 0 Å². The third-order valence-corrected chi connectivity index (χ3v) is 1.61. The van der Waals surface area contributed by atoms with E-state index in [1.807, 2.05) is 13.8 Å². The van der Waals surface area contributed by atoms with Gasteiger partial charge in [-0.25, -0.2) is 0 Å². The Labute approximate surface area is 51.0 Å². The second kappa shape index (κ2) is 4.80. The lowest BCUT2D eigenvalue weighted by atomic mass is 10.5. The number of rotatable bonds is 4. The van der Waals surface area contributed by atoms with Crippen LogP contribution < -0.4 is 0 Å². The van der Waals surface area contributed by atoms with Crippen molar-refractivity contribution in [3.05, 3.63) is 0 Å². The Morgan fingerprint density at radius 2 is 2.25 bits per heavy atom. The van der Waals surface area contributed by atoms with Crippen LogP contribution in [0.15, 0.2) is 0 Å². The standard InChI is InChI=1S/C4H10O3Si/c1-4(2)7-8-6-3-5/h3-4H,8H2,1-2H3. The Morgan fingerprint density at radius 3 is 2.62 bits per heavy atom. The average molecular weight is 134 g/mol.